The zero-order valence-electron chi connectivity index (χ0n) is 11.4. The Bertz CT molecular complexity index is 869. The quantitative estimate of drug-likeness (QED) is 0.421. The van der Waals surface area contributed by atoms with Crippen molar-refractivity contribution in [3.63, 3.8) is 0 Å². The standard InChI is InChI=1S/C14H8ClFN4O2S/c15-13-4-1-8(6-17-13)18-14-19-12(7-23-14)10-3-2-9(20(21)22)5-11(10)16/h1-7H,(H,18,19). The van der Waals surface area contributed by atoms with Crippen LogP contribution < -0.4 is 5.32 Å². The molecule has 0 radical (unpaired) electrons. The van der Waals surface area contributed by atoms with Gasteiger partial charge in [-0.15, -0.1) is 11.3 Å². The zero-order chi connectivity index (χ0) is 16.4. The second-order valence-electron chi connectivity index (χ2n) is 4.45. The van der Waals surface area contributed by atoms with Gasteiger partial charge in [-0.3, -0.25) is 10.1 Å². The predicted molar refractivity (Wildman–Crippen MR) is 86.7 cm³/mol. The third-order valence-electron chi connectivity index (χ3n) is 2.92. The van der Waals surface area contributed by atoms with E-state index in [1.807, 2.05) is 0 Å². The van der Waals surface area contributed by atoms with Crippen LogP contribution in [0.5, 0.6) is 0 Å². The van der Waals surface area contributed by atoms with Crippen LogP contribution in [0.25, 0.3) is 11.3 Å². The lowest BCUT2D eigenvalue weighted by molar-refractivity contribution is -0.385. The van der Waals surface area contributed by atoms with Gasteiger partial charge in [0.15, 0.2) is 5.13 Å². The molecule has 23 heavy (non-hydrogen) atoms. The molecule has 0 bridgehead atoms. The average molecular weight is 351 g/mol. The van der Waals surface area contributed by atoms with Gasteiger partial charge < -0.3 is 5.32 Å². The van der Waals surface area contributed by atoms with E-state index < -0.39 is 10.7 Å². The highest BCUT2D eigenvalue weighted by atomic mass is 35.5. The molecule has 0 unspecified atom stereocenters. The first-order chi connectivity index (χ1) is 11.0. The average Bonchev–Trinajstić information content (AvgIpc) is 2.97. The summed E-state index contributed by atoms with van der Waals surface area (Å²) in [7, 11) is 0. The minimum Gasteiger partial charge on any atom is -0.330 e. The largest absolute Gasteiger partial charge is 0.330 e. The summed E-state index contributed by atoms with van der Waals surface area (Å²) in [5.41, 5.74) is 0.993. The fourth-order valence-corrected chi connectivity index (χ4v) is 2.70. The van der Waals surface area contributed by atoms with Crippen LogP contribution in [-0.2, 0) is 0 Å². The van der Waals surface area contributed by atoms with Gasteiger partial charge in [0.25, 0.3) is 5.69 Å². The maximum atomic E-state index is 14.0. The van der Waals surface area contributed by atoms with Crippen molar-refractivity contribution >= 4 is 39.4 Å². The number of hydrogen-bond donors (Lipinski definition) is 1. The highest BCUT2D eigenvalue weighted by Crippen LogP contribution is 2.30. The number of benzene rings is 1. The van der Waals surface area contributed by atoms with Crippen LogP contribution in [0.3, 0.4) is 0 Å². The molecule has 2 aromatic heterocycles. The van der Waals surface area contributed by atoms with E-state index in [1.54, 1.807) is 23.7 Å². The van der Waals surface area contributed by atoms with Crippen molar-refractivity contribution in [2.45, 2.75) is 0 Å². The second-order valence-corrected chi connectivity index (χ2v) is 5.70. The monoisotopic (exact) mass is 350 g/mol. The summed E-state index contributed by atoms with van der Waals surface area (Å²) in [6.45, 7) is 0. The van der Waals surface area contributed by atoms with Crippen molar-refractivity contribution in [3.05, 3.63) is 63.0 Å². The third kappa shape index (κ3) is 3.43. The lowest BCUT2D eigenvalue weighted by Gasteiger charge is -2.02. The van der Waals surface area contributed by atoms with Crippen molar-refractivity contribution in [3.8, 4) is 11.3 Å². The molecule has 0 aliphatic heterocycles. The van der Waals surface area contributed by atoms with Gasteiger partial charge in [0, 0.05) is 17.0 Å². The van der Waals surface area contributed by atoms with E-state index in [0.29, 0.717) is 21.7 Å². The fraction of sp³-hybridized carbons (Fsp3) is 0. The number of pyridine rings is 1. The summed E-state index contributed by atoms with van der Waals surface area (Å²) in [6, 6.07) is 6.84. The number of aromatic nitrogens is 2. The summed E-state index contributed by atoms with van der Waals surface area (Å²) in [6.07, 6.45) is 1.55. The first kappa shape index (κ1) is 15.3. The molecule has 0 fully saturated rings. The van der Waals surface area contributed by atoms with Crippen molar-refractivity contribution in [1.29, 1.82) is 0 Å². The van der Waals surface area contributed by atoms with E-state index in [4.69, 9.17) is 11.6 Å². The lowest BCUT2D eigenvalue weighted by Crippen LogP contribution is -1.92. The van der Waals surface area contributed by atoms with Crippen molar-refractivity contribution in [2.75, 3.05) is 5.32 Å². The van der Waals surface area contributed by atoms with Crippen molar-refractivity contribution in [1.82, 2.24) is 9.97 Å². The Morgan fingerprint density at radius 1 is 1.30 bits per heavy atom. The fourth-order valence-electron chi connectivity index (χ4n) is 1.85. The lowest BCUT2D eigenvalue weighted by atomic mass is 10.1. The third-order valence-corrected chi connectivity index (χ3v) is 3.90. The van der Waals surface area contributed by atoms with Gasteiger partial charge in [-0.2, -0.15) is 0 Å². The van der Waals surface area contributed by atoms with Crippen molar-refractivity contribution in [2.24, 2.45) is 0 Å². The van der Waals surface area contributed by atoms with E-state index >= 15 is 0 Å². The highest BCUT2D eigenvalue weighted by molar-refractivity contribution is 7.14. The maximum Gasteiger partial charge on any atom is 0.272 e. The minimum absolute atomic E-state index is 0.203. The van der Waals surface area contributed by atoms with Crippen LogP contribution in [-0.4, -0.2) is 14.9 Å². The van der Waals surface area contributed by atoms with Gasteiger partial charge in [0.2, 0.25) is 0 Å². The number of nitro benzene ring substituents is 1. The highest BCUT2D eigenvalue weighted by Gasteiger charge is 2.14. The minimum atomic E-state index is -0.691. The van der Waals surface area contributed by atoms with E-state index in [0.717, 1.165) is 6.07 Å². The van der Waals surface area contributed by atoms with E-state index in [9.17, 15) is 14.5 Å². The summed E-state index contributed by atoms with van der Waals surface area (Å²) < 4.78 is 14.0. The number of rotatable bonds is 4. The van der Waals surface area contributed by atoms with Crippen LogP contribution in [0.15, 0.2) is 41.9 Å². The van der Waals surface area contributed by atoms with Crippen LogP contribution in [0.4, 0.5) is 20.9 Å². The molecule has 0 saturated carbocycles. The van der Waals surface area contributed by atoms with Crippen LogP contribution in [0.1, 0.15) is 0 Å². The molecule has 9 heteroatoms. The number of hydrogen-bond acceptors (Lipinski definition) is 6. The molecular formula is C14H8ClFN4O2S. The Hall–Kier alpha value is -2.58. The maximum absolute atomic E-state index is 14.0. The van der Waals surface area contributed by atoms with E-state index in [1.165, 1.54) is 23.5 Å². The van der Waals surface area contributed by atoms with Crippen molar-refractivity contribution < 1.29 is 9.31 Å². The summed E-state index contributed by atoms with van der Waals surface area (Å²) in [4.78, 5) is 18.2. The molecule has 0 spiro atoms. The number of nitrogens with zero attached hydrogens (tertiary/aromatic N) is 3. The number of thiazole rings is 1. The van der Waals surface area contributed by atoms with Crippen LogP contribution in [0, 0.1) is 15.9 Å². The van der Waals surface area contributed by atoms with Crippen LogP contribution >= 0.6 is 22.9 Å². The Morgan fingerprint density at radius 2 is 2.13 bits per heavy atom. The first-order valence-corrected chi connectivity index (χ1v) is 7.57. The van der Waals surface area contributed by atoms with Gasteiger partial charge in [-0.25, -0.2) is 14.4 Å². The van der Waals surface area contributed by atoms with Crippen LogP contribution in [0.2, 0.25) is 5.15 Å². The molecule has 0 saturated heterocycles. The molecule has 0 aliphatic rings. The molecular weight excluding hydrogens is 343 g/mol. The number of nitro groups is 1. The Morgan fingerprint density at radius 3 is 2.78 bits per heavy atom. The molecule has 0 aliphatic carbocycles. The number of nitrogens with one attached hydrogen (secondary N) is 1. The van der Waals surface area contributed by atoms with Gasteiger partial charge in [-0.05, 0) is 18.2 Å². The molecule has 3 aromatic rings. The topological polar surface area (TPSA) is 81.0 Å². The molecule has 2 heterocycles. The van der Waals surface area contributed by atoms with E-state index in [2.05, 4.69) is 15.3 Å². The molecule has 1 aromatic carbocycles. The molecule has 3 rings (SSSR count). The Labute approximate surface area is 138 Å². The Kier molecular flexibility index (Phi) is 4.18. The zero-order valence-corrected chi connectivity index (χ0v) is 12.9. The van der Waals surface area contributed by atoms with Gasteiger partial charge in [-0.1, -0.05) is 11.6 Å². The smallest absolute Gasteiger partial charge is 0.272 e. The number of halogens is 2. The summed E-state index contributed by atoms with van der Waals surface area (Å²) in [5, 5.41) is 16.2. The second kappa shape index (κ2) is 6.27. The van der Waals surface area contributed by atoms with Gasteiger partial charge >= 0.3 is 0 Å². The van der Waals surface area contributed by atoms with E-state index in [-0.39, 0.29) is 11.3 Å². The first-order valence-electron chi connectivity index (χ1n) is 6.31. The number of anilines is 2. The summed E-state index contributed by atoms with van der Waals surface area (Å²) >= 11 is 6.99. The van der Waals surface area contributed by atoms with Gasteiger partial charge in [0.05, 0.1) is 28.6 Å². The number of non-ortho nitro benzene ring substituents is 1. The van der Waals surface area contributed by atoms with Gasteiger partial charge in [0.1, 0.15) is 11.0 Å². The SMILES string of the molecule is O=[N+]([O-])c1ccc(-c2csc(Nc3ccc(Cl)nc3)n2)c(F)c1. The normalized spacial score (nSPS) is 10.5. The summed E-state index contributed by atoms with van der Waals surface area (Å²) in [5.74, 6) is -0.691. The molecule has 0 amide bonds. The predicted octanol–water partition coefficient (Wildman–Crippen LogP) is 4.65. The molecule has 1 N–H and O–H groups in total. The molecule has 0 atom stereocenters. The molecule has 116 valence electrons. The Balaban J connectivity index is 1.84. The molecule has 6 nitrogen and oxygen atoms in total.